The normalized spacial score (nSPS) is 12.4. The molecule has 0 aliphatic carbocycles. The van der Waals surface area contributed by atoms with Crippen LogP contribution in [-0.4, -0.2) is 26.9 Å². The first-order valence-electron chi connectivity index (χ1n) is 5.85. The van der Waals surface area contributed by atoms with E-state index in [1.54, 1.807) is 0 Å². The molecule has 21 heavy (non-hydrogen) atoms. The fraction of sp³-hybridized carbons (Fsp3) is 0.308. The summed E-state index contributed by atoms with van der Waals surface area (Å²) in [6.45, 7) is 2.70. The number of ketones is 1. The molecule has 0 heterocycles. The molecule has 1 unspecified atom stereocenters. The van der Waals surface area contributed by atoms with Crippen LogP contribution in [0.1, 0.15) is 13.8 Å². The van der Waals surface area contributed by atoms with E-state index in [9.17, 15) is 9.90 Å². The number of carbonyl (C=O) groups is 1. The summed E-state index contributed by atoms with van der Waals surface area (Å²) in [6, 6.07) is 9.25. The number of hydrogen-bond donors (Lipinski definition) is 1. The predicted molar refractivity (Wildman–Crippen MR) is 99.6 cm³/mol. The Labute approximate surface area is 153 Å². The third kappa shape index (κ3) is 22.8. The van der Waals surface area contributed by atoms with E-state index in [1.165, 1.54) is 13.8 Å². The second-order valence-electron chi connectivity index (χ2n) is 3.74. The summed E-state index contributed by atoms with van der Waals surface area (Å²) in [7, 11) is 0. The molecule has 0 aliphatic rings. The van der Waals surface area contributed by atoms with Crippen molar-refractivity contribution in [2.75, 3.05) is 0 Å². The van der Waals surface area contributed by atoms with Crippen LogP contribution in [0.15, 0.2) is 42.2 Å². The third-order valence-electron chi connectivity index (χ3n) is 1.37. The standard InChI is InChI=1S/C6H7OPS3.C5H8O2.2CH3.Sn/c9-8(10,11)7-6-4-2-1-3-5-6;1-4(6)3-5(2)7;;;/h1-5H,(H2,9,10,11);3,6H,1-2H3;2*1H3;/q;;;;+2/p-2/b;4-3+;;;. The van der Waals surface area contributed by atoms with Crippen LogP contribution in [-0.2, 0) is 28.9 Å². The molecule has 116 valence electrons. The minimum absolute atomic E-state index is 0.187. The predicted octanol–water partition coefficient (Wildman–Crippen LogP) is 3.39. The van der Waals surface area contributed by atoms with Crippen molar-refractivity contribution in [1.82, 2.24) is 0 Å². The minimum atomic E-state index is -2.28. The third-order valence-corrected chi connectivity index (χ3v) is 2.50. The van der Waals surface area contributed by atoms with Crippen LogP contribution < -0.4 is 9.63 Å². The van der Waals surface area contributed by atoms with Gasteiger partial charge in [0, 0.05) is 4.67 Å². The molecule has 0 saturated carbocycles. The van der Waals surface area contributed by atoms with Gasteiger partial charge < -0.3 is 21.9 Å². The van der Waals surface area contributed by atoms with E-state index in [4.69, 9.17) is 28.6 Å². The van der Waals surface area contributed by atoms with Gasteiger partial charge in [0.15, 0.2) is 5.78 Å². The van der Waals surface area contributed by atoms with E-state index in [2.05, 4.69) is 22.1 Å². The number of carbonyl (C=O) groups excluding carboxylic acids is 1. The van der Waals surface area contributed by atoms with E-state index in [1.807, 2.05) is 30.3 Å². The zero-order chi connectivity index (χ0) is 16.9. The Kier molecular flexibility index (Phi) is 15.8. The molecule has 0 aliphatic heterocycles. The molecular formula is C13H19O3PS3Sn. The van der Waals surface area contributed by atoms with Gasteiger partial charge in [-0.15, -0.1) is 18.0 Å². The maximum absolute atomic E-state index is 9.98. The molecule has 0 aromatic heterocycles. The average Bonchev–Trinajstić information content (AvgIpc) is 2.27. The zero-order valence-corrected chi connectivity index (χ0v) is 18.7. The number of rotatable bonds is 3. The van der Waals surface area contributed by atoms with Crippen LogP contribution in [0.25, 0.3) is 0 Å². The first-order chi connectivity index (χ1) is 9.62. The summed E-state index contributed by atoms with van der Waals surface area (Å²) in [6.07, 6.45) is 1.06. The Bertz CT molecular complexity index is 471. The summed E-state index contributed by atoms with van der Waals surface area (Å²) in [5, 5.41) is 9.98. The van der Waals surface area contributed by atoms with Crippen LogP contribution in [0.4, 0.5) is 0 Å². The molecule has 1 atom stereocenters. The van der Waals surface area contributed by atoms with Crippen molar-refractivity contribution in [2.45, 2.75) is 23.7 Å². The van der Waals surface area contributed by atoms with Crippen LogP contribution in [0.5, 0.6) is 5.75 Å². The maximum atomic E-state index is 9.98. The van der Waals surface area contributed by atoms with Gasteiger partial charge in [0.1, 0.15) is 5.75 Å². The SMILES string of the molecule is CC(=O)/C=C(\C)[O-].S=P([S-])(S)Oc1ccccc1.[CH3][Sn+2][CH3]. The molecule has 0 spiro atoms. The van der Waals surface area contributed by atoms with Crippen LogP contribution in [0, 0.1) is 0 Å². The van der Waals surface area contributed by atoms with Crippen molar-refractivity contribution in [1.29, 1.82) is 0 Å². The van der Waals surface area contributed by atoms with Crippen molar-refractivity contribution in [3.05, 3.63) is 42.2 Å². The van der Waals surface area contributed by atoms with Crippen molar-refractivity contribution in [3.8, 4) is 5.75 Å². The summed E-state index contributed by atoms with van der Waals surface area (Å²) in [5.41, 5.74) is 0. The molecule has 0 amide bonds. The Balaban J connectivity index is 0. The molecule has 0 fully saturated rings. The molecule has 0 N–H and O–H groups in total. The molecule has 1 rings (SSSR count). The van der Waals surface area contributed by atoms with E-state index in [0.29, 0.717) is 5.75 Å². The van der Waals surface area contributed by atoms with Gasteiger partial charge >= 0.3 is 31.0 Å². The Hall–Kier alpha value is 0.379. The molecule has 0 bridgehead atoms. The summed E-state index contributed by atoms with van der Waals surface area (Å²) < 4.78 is 2.93. The Morgan fingerprint density at radius 3 is 2.05 bits per heavy atom. The fourth-order valence-electron chi connectivity index (χ4n) is 0.901. The molecule has 3 nitrogen and oxygen atoms in total. The van der Waals surface area contributed by atoms with Gasteiger partial charge in [-0.05, 0) is 25.1 Å². The number of hydrogen-bond acceptors (Lipinski definition) is 5. The van der Waals surface area contributed by atoms with Crippen molar-refractivity contribution in [3.63, 3.8) is 0 Å². The number of allylic oxidation sites excluding steroid dienone is 2. The van der Waals surface area contributed by atoms with E-state index in [0.717, 1.165) is 6.08 Å². The van der Waals surface area contributed by atoms with Gasteiger partial charge in [0.05, 0.1) is 0 Å². The number of para-hydroxylation sites is 1. The van der Waals surface area contributed by atoms with Crippen molar-refractivity contribution < 1.29 is 14.4 Å². The van der Waals surface area contributed by atoms with E-state index >= 15 is 0 Å². The summed E-state index contributed by atoms with van der Waals surface area (Å²) >= 11 is 13.9. The second kappa shape index (κ2) is 14.0. The molecular weight excluding hydrogens is 450 g/mol. The number of thiol groups is 1. The number of benzene rings is 1. The molecule has 0 radical (unpaired) electrons. The average molecular weight is 469 g/mol. The second-order valence-corrected chi connectivity index (χ2v) is 14.8. The van der Waals surface area contributed by atoms with Gasteiger partial charge in [-0.3, -0.25) is 4.79 Å². The van der Waals surface area contributed by atoms with E-state index in [-0.39, 0.29) is 32.7 Å². The Morgan fingerprint density at radius 1 is 1.38 bits per heavy atom. The summed E-state index contributed by atoms with van der Waals surface area (Å²) in [4.78, 5) is 14.6. The quantitative estimate of drug-likeness (QED) is 0.184. The monoisotopic (exact) mass is 470 g/mol. The summed E-state index contributed by atoms with van der Waals surface area (Å²) in [5.74, 6) is 0.320. The van der Waals surface area contributed by atoms with Gasteiger partial charge in [-0.1, -0.05) is 36.9 Å². The van der Waals surface area contributed by atoms with Gasteiger partial charge in [-0.2, -0.15) is 0 Å². The fourth-order valence-corrected chi connectivity index (χ4v) is 2.09. The first-order valence-corrected chi connectivity index (χ1v) is 16.4. The molecule has 1 aromatic carbocycles. The Morgan fingerprint density at radius 2 is 1.81 bits per heavy atom. The van der Waals surface area contributed by atoms with E-state index < -0.39 is 4.67 Å². The van der Waals surface area contributed by atoms with Gasteiger partial charge in [0.2, 0.25) is 0 Å². The molecule has 8 heteroatoms. The molecule has 0 saturated heterocycles. The van der Waals surface area contributed by atoms with Crippen molar-refractivity contribution >= 4 is 67.9 Å². The van der Waals surface area contributed by atoms with Gasteiger partial charge in [-0.25, -0.2) is 0 Å². The van der Waals surface area contributed by atoms with Gasteiger partial charge in [0.25, 0.3) is 0 Å². The van der Waals surface area contributed by atoms with Crippen LogP contribution >= 0.6 is 16.9 Å². The topological polar surface area (TPSA) is 49.4 Å². The van der Waals surface area contributed by atoms with Crippen LogP contribution in [0.2, 0.25) is 9.88 Å². The van der Waals surface area contributed by atoms with Crippen LogP contribution in [0.3, 0.4) is 0 Å². The first kappa shape index (κ1) is 23.6. The molecule has 1 aromatic rings. The van der Waals surface area contributed by atoms with Crippen molar-refractivity contribution in [2.24, 2.45) is 0 Å². The zero-order valence-electron chi connectivity index (χ0n) is 12.4.